The number of aromatic carboxylic acids is 1. The first-order chi connectivity index (χ1) is 7.18. The summed E-state index contributed by atoms with van der Waals surface area (Å²) < 4.78 is 1.57. The largest absolute Gasteiger partial charge is 0.476 e. The average molecular weight is 202 g/mol. The molecule has 76 valence electrons. The van der Waals surface area contributed by atoms with Crippen molar-refractivity contribution >= 4 is 5.97 Å². The highest BCUT2D eigenvalue weighted by Crippen LogP contribution is 2.19. The number of rotatable bonds is 2. The SMILES string of the molecule is Cn1nc(C(=O)O)cc1-c1ccccc1. The minimum absolute atomic E-state index is 0.0661. The lowest BCUT2D eigenvalue weighted by Crippen LogP contribution is -1.99. The second kappa shape index (κ2) is 3.57. The van der Waals surface area contributed by atoms with E-state index in [1.807, 2.05) is 30.3 Å². The summed E-state index contributed by atoms with van der Waals surface area (Å²) in [5, 5.41) is 12.7. The van der Waals surface area contributed by atoms with Crippen molar-refractivity contribution in [1.29, 1.82) is 0 Å². The standard InChI is InChI=1S/C11H10N2O2/c1-13-10(7-9(12-13)11(14)15)8-5-3-2-4-6-8/h2-7H,1H3,(H,14,15). The molecule has 0 spiro atoms. The molecule has 0 atom stereocenters. The summed E-state index contributed by atoms with van der Waals surface area (Å²) in [6.07, 6.45) is 0. The Morgan fingerprint density at radius 3 is 2.53 bits per heavy atom. The van der Waals surface area contributed by atoms with E-state index in [9.17, 15) is 4.79 Å². The molecule has 0 bridgehead atoms. The van der Waals surface area contributed by atoms with E-state index in [4.69, 9.17) is 5.11 Å². The van der Waals surface area contributed by atoms with Crippen molar-refractivity contribution in [1.82, 2.24) is 9.78 Å². The summed E-state index contributed by atoms with van der Waals surface area (Å²) in [4.78, 5) is 10.7. The molecule has 4 nitrogen and oxygen atoms in total. The van der Waals surface area contributed by atoms with Gasteiger partial charge in [-0.05, 0) is 11.6 Å². The molecule has 0 fully saturated rings. The van der Waals surface area contributed by atoms with Crippen LogP contribution in [0.25, 0.3) is 11.3 Å². The van der Waals surface area contributed by atoms with Gasteiger partial charge in [-0.3, -0.25) is 4.68 Å². The van der Waals surface area contributed by atoms with Gasteiger partial charge in [0.1, 0.15) is 0 Å². The molecule has 0 aliphatic rings. The van der Waals surface area contributed by atoms with Crippen LogP contribution in [0.1, 0.15) is 10.5 Å². The second-order valence-electron chi connectivity index (χ2n) is 3.21. The predicted octanol–water partition coefficient (Wildman–Crippen LogP) is 1.79. The van der Waals surface area contributed by atoms with Gasteiger partial charge in [-0.1, -0.05) is 30.3 Å². The monoisotopic (exact) mass is 202 g/mol. The van der Waals surface area contributed by atoms with Gasteiger partial charge in [0, 0.05) is 7.05 Å². The summed E-state index contributed by atoms with van der Waals surface area (Å²) in [7, 11) is 1.73. The van der Waals surface area contributed by atoms with Crippen molar-refractivity contribution in [3.63, 3.8) is 0 Å². The zero-order valence-corrected chi connectivity index (χ0v) is 8.21. The molecule has 2 aromatic rings. The van der Waals surface area contributed by atoms with Gasteiger partial charge in [0.2, 0.25) is 0 Å². The van der Waals surface area contributed by atoms with E-state index >= 15 is 0 Å². The van der Waals surface area contributed by atoms with Crippen LogP contribution in [-0.2, 0) is 7.05 Å². The summed E-state index contributed by atoms with van der Waals surface area (Å²) in [5.41, 5.74) is 1.82. The molecule has 1 N–H and O–H groups in total. The van der Waals surface area contributed by atoms with Crippen LogP contribution in [0.4, 0.5) is 0 Å². The Labute approximate surface area is 86.8 Å². The van der Waals surface area contributed by atoms with Crippen LogP contribution >= 0.6 is 0 Å². The lowest BCUT2D eigenvalue weighted by atomic mass is 10.1. The number of carboxylic acid groups (broad SMARTS) is 1. The topological polar surface area (TPSA) is 55.1 Å². The van der Waals surface area contributed by atoms with Crippen LogP contribution in [-0.4, -0.2) is 20.9 Å². The molecule has 1 aromatic heterocycles. The Hall–Kier alpha value is -2.10. The predicted molar refractivity (Wildman–Crippen MR) is 55.6 cm³/mol. The van der Waals surface area contributed by atoms with E-state index in [2.05, 4.69) is 5.10 Å². The fourth-order valence-electron chi connectivity index (χ4n) is 1.45. The van der Waals surface area contributed by atoms with E-state index in [0.717, 1.165) is 11.3 Å². The van der Waals surface area contributed by atoms with Gasteiger partial charge in [-0.2, -0.15) is 5.10 Å². The van der Waals surface area contributed by atoms with Crippen molar-refractivity contribution in [3.05, 3.63) is 42.1 Å². The molecule has 2 rings (SSSR count). The van der Waals surface area contributed by atoms with Crippen LogP contribution < -0.4 is 0 Å². The summed E-state index contributed by atoms with van der Waals surface area (Å²) >= 11 is 0. The Morgan fingerprint density at radius 2 is 2.00 bits per heavy atom. The third-order valence-electron chi connectivity index (χ3n) is 2.17. The smallest absolute Gasteiger partial charge is 0.356 e. The molecule has 15 heavy (non-hydrogen) atoms. The highest BCUT2D eigenvalue weighted by molar-refractivity contribution is 5.86. The van der Waals surface area contributed by atoms with Gasteiger partial charge < -0.3 is 5.11 Å². The number of carbonyl (C=O) groups is 1. The van der Waals surface area contributed by atoms with Crippen molar-refractivity contribution in [2.75, 3.05) is 0 Å². The molecule has 0 radical (unpaired) electrons. The van der Waals surface area contributed by atoms with E-state index in [1.54, 1.807) is 17.8 Å². The van der Waals surface area contributed by atoms with E-state index in [1.165, 1.54) is 0 Å². The molecular weight excluding hydrogens is 192 g/mol. The molecule has 0 aliphatic carbocycles. The number of hydrogen-bond donors (Lipinski definition) is 1. The molecule has 0 aliphatic heterocycles. The van der Waals surface area contributed by atoms with Gasteiger partial charge in [0.25, 0.3) is 0 Å². The number of aromatic nitrogens is 2. The summed E-state index contributed by atoms with van der Waals surface area (Å²) in [6.45, 7) is 0. The minimum Gasteiger partial charge on any atom is -0.476 e. The second-order valence-corrected chi connectivity index (χ2v) is 3.21. The summed E-state index contributed by atoms with van der Waals surface area (Å²) in [5.74, 6) is -1.01. The van der Waals surface area contributed by atoms with Crippen LogP contribution in [0.3, 0.4) is 0 Å². The number of benzene rings is 1. The van der Waals surface area contributed by atoms with Gasteiger partial charge in [0.15, 0.2) is 5.69 Å². The first-order valence-corrected chi connectivity index (χ1v) is 4.51. The molecule has 1 aromatic carbocycles. The molecule has 1 heterocycles. The third kappa shape index (κ3) is 1.74. The highest BCUT2D eigenvalue weighted by Gasteiger charge is 2.11. The van der Waals surface area contributed by atoms with Gasteiger partial charge in [0.05, 0.1) is 5.69 Å². The van der Waals surface area contributed by atoms with Crippen molar-refractivity contribution < 1.29 is 9.90 Å². The normalized spacial score (nSPS) is 10.2. The number of nitrogens with zero attached hydrogens (tertiary/aromatic N) is 2. The maximum atomic E-state index is 10.7. The Morgan fingerprint density at radius 1 is 1.33 bits per heavy atom. The lowest BCUT2D eigenvalue weighted by molar-refractivity contribution is 0.0689. The number of aryl methyl sites for hydroxylation is 1. The fraction of sp³-hybridized carbons (Fsp3) is 0.0909. The first-order valence-electron chi connectivity index (χ1n) is 4.51. The van der Waals surface area contributed by atoms with Crippen LogP contribution in [0.2, 0.25) is 0 Å². The van der Waals surface area contributed by atoms with Gasteiger partial charge >= 0.3 is 5.97 Å². The van der Waals surface area contributed by atoms with E-state index in [-0.39, 0.29) is 5.69 Å². The number of hydrogen-bond acceptors (Lipinski definition) is 2. The minimum atomic E-state index is -1.01. The molecule has 0 unspecified atom stereocenters. The third-order valence-corrected chi connectivity index (χ3v) is 2.17. The zero-order chi connectivity index (χ0) is 10.8. The Bertz CT molecular complexity index is 489. The molecule has 0 saturated carbocycles. The highest BCUT2D eigenvalue weighted by atomic mass is 16.4. The zero-order valence-electron chi connectivity index (χ0n) is 8.21. The first kappa shape index (κ1) is 9.45. The maximum absolute atomic E-state index is 10.7. The molecule has 4 heteroatoms. The van der Waals surface area contributed by atoms with Crippen molar-refractivity contribution in [3.8, 4) is 11.3 Å². The van der Waals surface area contributed by atoms with E-state index < -0.39 is 5.97 Å². The number of carboxylic acids is 1. The molecule has 0 amide bonds. The quantitative estimate of drug-likeness (QED) is 0.807. The average Bonchev–Trinajstić information content (AvgIpc) is 2.62. The fourth-order valence-corrected chi connectivity index (χ4v) is 1.45. The molecular formula is C11H10N2O2. The Balaban J connectivity index is 2.50. The van der Waals surface area contributed by atoms with Crippen molar-refractivity contribution in [2.45, 2.75) is 0 Å². The van der Waals surface area contributed by atoms with Crippen LogP contribution in [0.5, 0.6) is 0 Å². The van der Waals surface area contributed by atoms with Crippen molar-refractivity contribution in [2.24, 2.45) is 7.05 Å². The van der Waals surface area contributed by atoms with Crippen LogP contribution in [0.15, 0.2) is 36.4 Å². The van der Waals surface area contributed by atoms with Gasteiger partial charge in [-0.15, -0.1) is 0 Å². The summed E-state index contributed by atoms with van der Waals surface area (Å²) in [6, 6.07) is 11.1. The van der Waals surface area contributed by atoms with Crippen LogP contribution in [0, 0.1) is 0 Å². The van der Waals surface area contributed by atoms with Gasteiger partial charge in [-0.25, -0.2) is 4.79 Å². The molecule has 0 saturated heterocycles. The Kier molecular flexibility index (Phi) is 2.25. The lowest BCUT2D eigenvalue weighted by Gasteiger charge is -1.99. The van der Waals surface area contributed by atoms with E-state index in [0.29, 0.717) is 0 Å². The maximum Gasteiger partial charge on any atom is 0.356 e.